The lowest BCUT2D eigenvalue weighted by atomic mass is 10.1. The summed E-state index contributed by atoms with van der Waals surface area (Å²) in [5, 5.41) is 6.70. The Kier molecular flexibility index (Phi) is 6.32. The number of carbonyl (C=O) groups is 2. The van der Waals surface area contributed by atoms with Crippen LogP contribution in [0.1, 0.15) is 58.4 Å². The number of anilines is 1. The molecule has 4 aromatic rings. The van der Waals surface area contributed by atoms with Crippen LogP contribution >= 0.6 is 27.3 Å². The first kappa shape index (κ1) is 24.4. The first-order valence-electron chi connectivity index (χ1n) is 10.6. The van der Waals surface area contributed by atoms with E-state index < -0.39 is 42.6 Å². The Morgan fingerprint density at radius 3 is 2.61 bits per heavy atom. The fraction of sp³-hybridized carbons (Fsp3) is 0.273. The molecule has 1 saturated carbocycles. The number of nitrogens with zero attached hydrogens (tertiary/aromatic N) is 3. The molecule has 5 rings (SSSR count). The molecule has 0 spiro atoms. The van der Waals surface area contributed by atoms with Gasteiger partial charge in [0.2, 0.25) is 5.91 Å². The van der Waals surface area contributed by atoms with E-state index in [9.17, 15) is 27.2 Å². The second kappa shape index (κ2) is 9.32. The Bertz CT molecular complexity index is 1480. The van der Waals surface area contributed by atoms with Crippen molar-refractivity contribution in [2.75, 3.05) is 5.32 Å². The van der Waals surface area contributed by atoms with Crippen molar-refractivity contribution in [3.05, 3.63) is 50.9 Å². The maximum absolute atomic E-state index is 13.5. The van der Waals surface area contributed by atoms with Gasteiger partial charge in [0.15, 0.2) is 0 Å². The van der Waals surface area contributed by atoms with Crippen LogP contribution in [0.25, 0.3) is 21.5 Å². The molecule has 8 nitrogen and oxygen atoms in total. The summed E-state index contributed by atoms with van der Waals surface area (Å²) in [5.74, 6) is -1.38. The molecule has 4 aromatic heterocycles. The minimum atomic E-state index is -2.90. The number of furan rings is 1. The number of alkyl halides is 4. The third-order valence-corrected chi connectivity index (χ3v) is 7.51. The summed E-state index contributed by atoms with van der Waals surface area (Å²) in [5.41, 5.74) is 5.15. The molecule has 0 saturated heterocycles. The van der Waals surface area contributed by atoms with Crippen LogP contribution in [0.5, 0.6) is 0 Å². The monoisotopic (exact) mass is 585 g/mol. The number of thiophene rings is 1. The van der Waals surface area contributed by atoms with Gasteiger partial charge in [-0.2, -0.15) is 5.10 Å². The normalized spacial score (nSPS) is 13.8. The van der Waals surface area contributed by atoms with Gasteiger partial charge >= 0.3 is 0 Å². The molecule has 4 heterocycles. The number of hydrogen-bond donors (Lipinski definition) is 2. The number of fused-ring (bicyclic) bond motifs is 1. The topological polar surface area (TPSA) is 116 Å². The molecule has 1 fully saturated rings. The van der Waals surface area contributed by atoms with Crippen LogP contribution in [0.2, 0.25) is 0 Å². The van der Waals surface area contributed by atoms with Crippen LogP contribution in [0.4, 0.5) is 23.2 Å². The Labute approximate surface area is 212 Å². The van der Waals surface area contributed by atoms with E-state index in [2.05, 4.69) is 31.3 Å². The van der Waals surface area contributed by atoms with Gasteiger partial charge in [0.25, 0.3) is 18.8 Å². The molecular formula is C22H16BrF4N5O3S. The first-order chi connectivity index (χ1) is 17.2. The van der Waals surface area contributed by atoms with Crippen LogP contribution in [0.15, 0.2) is 33.4 Å². The molecule has 2 amide bonds. The van der Waals surface area contributed by atoms with Gasteiger partial charge in [0, 0.05) is 16.9 Å². The van der Waals surface area contributed by atoms with Crippen molar-refractivity contribution in [3.8, 4) is 11.3 Å². The number of amides is 2. The number of pyridine rings is 1. The largest absolute Gasteiger partial charge is 0.464 e. The number of rotatable bonds is 8. The highest BCUT2D eigenvalue weighted by Gasteiger charge is 2.34. The van der Waals surface area contributed by atoms with Gasteiger partial charge in [-0.3, -0.25) is 14.3 Å². The quantitative estimate of drug-likeness (QED) is 0.246. The van der Waals surface area contributed by atoms with Crippen LogP contribution in [0, 0.1) is 0 Å². The molecule has 0 aliphatic heterocycles. The standard InChI is InChI=1S/C22H16BrF4N5O3S/c23-14-16(20(26)27)31-32(17(14)8-3-4-8)7-12(33)30-15-13-9(11-2-1-5-35-11)6-10(19(24)25)29-22(13)36-18(15)21(28)34/h1-2,5-6,8,19-20H,3-4,7H2,(H2,28,34)(H,30,33). The number of hydrogen-bond acceptors (Lipinski definition) is 6. The average Bonchev–Trinajstić information content (AvgIpc) is 3.23. The van der Waals surface area contributed by atoms with E-state index in [1.165, 1.54) is 17.0 Å². The number of nitrogens with two attached hydrogens (primary N) is 1. The van der Waals surface area contributed by atoms with Gasteiger partial charge < -0.3 is 15.5 Å². The van der Waals surface area contributed by atoms with E-state index >= 15 is 0 Å². The van der Waals surface area contributed by atoms with Crippen molar-refractivity contribution in [1.29, 1.82) is 0 Å². The van der Waals surface area contributed by atoms with E-state index in [-0.39, 0.29) is 42.5 Å². The zero-order valence-corrected chi connectivity index (χ0v) is 20.5. The molecule has 0 aromatic carbocycles. The lowest BCUT2D eigenvalue weighted by Gasteiger charge is -2.11. The van der Waals surface area contributed by atoms with Crippen molar-refractivity contribution in [2.24, 2.45) is 5.73 Å². The molecule has 14 heteroatoms. The molecule has 3 N–H and O–H groups in total. The van der Waals surface area contributed by atoms with E-state index in [1.807, 2.05) is 0 Å². The smallest absolute Gasteiger partial charge is 0.283 e. The minimum absolute atomic E-state index is 0.00198. The van der Waals surface area contributed by atoms with Crippen molar-refractivity contribution in [3.63, 3.8) is 0 Å². The fourth-order valence-electron chi connectivity index (χ4n) is 3.94. The predicted octanol–water partition coefficient (Wildman–Crippen LogP) is 6.01. The zero-order chi connectivity index (χ0) is 25.7. The summed E-state index contributed by atoms with van der Waals surface area (Å²) in [6.45, 7) is -0.425. The summed E-state index contributed by atoms with van der Waals surface area (Å²) in [7, 11) is 0. The second-order valence-corrected chi connectivity index (χ2v) is 9.88. The zero-order valence-electron chi connectivity index (χ0n) is 18.1. The van der Waals surface area contributed by atoms with E-state index in [0.717, 1.165) is 30.2 Å². The van der Waals surface area contributed by atoms with E-state index in [0.29, 0.717) is 5.69 Å². The van der Waals surface area contributed by atoms with Gasteiger partial charge in [-0.1, -0.05) is 0 Å². The molecule has 36 heavy (non-hydrogen) atoms. The van der Waals surface area contributed by atoms with E-state index in [4.69, 9.17) is 10.2 Å². The maximum Gasteiger partial charge on any atom is 0.283 e. The molecule has 1 aliphatic rings. The highest BCUT2D eigenvalue weighted by atomic mass is 79.9. The Morgan fingerprint density at radius 1 is 1.28 bits per heavy atom. The third-order valence-electron chi connectivity index (χ3n) is 5.60. The third kappa shape index (κ3) is 4.39. The lowest BCUT2D eigenvalue weighted by molar-refractivity contribution is -0.117. The van der Waals surface area contributed by atoms with Crippen molar-refractivity contribution in [2.45, 2.75) is 38.2 Å². The number of carbonyl (C=O) groups excluding carboxylic acids is 2. The molecule has 0 atom stereocenters. The summed E-state index contributed by atoms with van der Waals surface area (Å²) in [4.78, 5) is 29.1. The van der Waals surface area contributed by atoms with Crippen molar-refractivity contribution < 1.29 is 31.6 Å². The summed E-state index contributed by atoms with van der Waals surface area (Å²) < 4.78 is 60.6. The fourth-order valence-corrected chi connectivity index (χ4v) is 5.74. The Hall–Kier alpha value is -3.26. The van der Waals surface area contributed by atoms with Gasteiger partial charge in [-0.25, -0.2) is 22.5 Å². The van der Waals surface area contributed by atoms with Crippen molar-refractivity contribution in [1.82, 2.24) is 14.8 Å². The van der Waals surface area contributed by atoms with Crippen molar-refractivity contribution >= 4 is 55.0 Å². The highest BCUT2D eigenvalue weighted by Crippen LogP contribution is 2.46. The van der Waals surface area contributed by atoms with Crippen LogP contribution in [-0.2, 0) is 11.3 Å². The molecule has 0 unspecified atom stereocenters. The van der Waals surface area contributed by atoms with Gasteiger partial charge in [-0.05, 0) is 47.0 Å². The molecule has 0 radical (unpaired) electrons. The summed E-state index contributed by atoms with van der Waals surface area (Å²) >= 11 is 3.92. The minimum Gasteiger partial charge on any atom is -0.464 e. The number of aromatic nitrogens is 3. The second-order valence-electron chi connectivity index (χ2n) is 8.09. The Balaban J connectivity index is 1.58. The number of halogens is 5. The predicted molar refractivity (Wildman–Crippen MR) is 126 cm³/mol. The number of nitrogens with one attached hydrogen (secondary N) is 1. The molecule has 0 bridgehead atoms. The number of primary amides is 1. The summed E-state index contributed by atoms with van der Waals surface area (Å²) in [6, 6.07) is 4.20. The van der Waals surface area contributed by atoms with Crippen LogP contribution in [0.3, 0.4) is 0 Å². The van der Waals surface area contributed by atoms with Crippen LogP contribution < -0.4 is 11.1 Å². The molecule has 188 valence electrons. The molecular weight excluding hydrogens is 570 g/mol. The first-order valence-corrected chi connectivity index (χ1v) is 12.2. The van der Waals surface area contributed by atoms with Gasteiger partial charge in [0.05, 0.1) is 22.1 Å². The van der Waals surface area contributed by atoms with E-state index in [1.54, 1.807) is 6.07 Å². The average molecular weight is 586 g/mol. The lowest BCUT2D eigenvalue weighted by Crippen LogP contribution is -2.22. The van der Waals surface area contributed by atoms with Gasteiger partial charge in [0.1, 0.15) is 33.4 Å². The van der Waals surface area contributed by atoms with Gasteiger partial charge in [-0.15, -0.1) is 11.3 Å². The SMILES string of the molecule is NC(=O)c1sc2nc(C(F)F)cc(-c3ccco3)c2c1NC(=O)Cn1nc(C(F)F)c(Br)c1C1CC1. The summed E-state index contributed by atoms with van der Waals surface area (Å²) in [6.07, 6.45) is -2.84. The molecule has 1 aliphatic carbocycles. The maximum atomic E-state index is 13.5. The Morgan fingerprint density at radius 2 is 2.03 bits per heavy atom. The van der Waals surface area contributed by atoms with Crippen LogP contribution in [-0.4, -0.2) is 26.6 Å². The highest BCUT2D eigenvalue weighted by molar-refractivity contribution is 9.10.